The summed E-state index contributed by atoms with van der Waals surface area (Å²) in [6, 6.07) is 2.85. The van der Waals surface area contributed by atoms with Gasteiger partial charge in [-0.05, 0) is 45.4 Å². The summed E-state index contributed by atoms with van der Waals surface area (Å²) in [6.45, 7) is 6.76. The molecule has 0 spiro atoms. The van der Waals surface area contributed by atoms with Crippen molar-refractivity contribution < 1.29 is 22.7 Å². The molecule has 0 aliphatic carbocycles. The number of halogens is 2. The second-order valence-corrected chi connectivity index (χ2v) is 9.25. The van der Waals surface area contributed by atoms with Gasteiger partial charge >= 0.3 is 5.97 Å². The third-order valence-electron chi connectivity index (χ3n) is 3.16. The summed E-state index contributed by atoms with van der Waals surface area (Å²) in [5.74, 6) is -0.505. The number of esters is 1. The molecule has 25 heavy (non-hydrogen) atoms. The number of ether oxygens (including phenoxy) is 2. The summed E-state index contributed by atoms with van der Waals surface area (Å²) in [5.41, 5.74) is -0.0944. The van der Waals surface area contributed by atoms with Crippen LogP contribution in [0.2, 0.25) is 10.0 Å². The first kappa shape index (κ1) is 22.2. The van der Waals surface area contributed by atoms with Crippen molar-refractivity contribution in [3.63, 3.8) is 0 Å². The predicted molar refractivity (Wildman–Crippen MR) is 97.7 cm³/mol. The molecule has 0 unspecified atom stereocenters. The molecular formula is C16H23Cl2NO5S. The number of nitrogens with zero attached hydrogens (tertiary/aromatic N) is 1. The third kappa shape index (κ3) is 6.42. The molecule has 0 amide bonds. The van der Waals surface area contributed by atoms with Gasteiger partial charge in [0.25, 0.3) is 0 Å². The van der Waals surface area contributed by atoms with E-state index in [0.29, 0.717) is 10.6 Å². The van der Waals surface area contributed by atoms with Crippen molar-refractivity contribution in [2.75, 3.05) is 26.8 Å². The van der Waals surface area contributed by atoms with Crippen LogP contribution in [0.1, 0.15) is 26.3 Å². The number of carbonyl (C=O) groups is 1. The molecule has 0 saturated carbocycles. The minimum Gasteiger partial charge on any atom is -0.458 e. The summed E-state index contributed by atoms with van der Waals surface area (Å²) in [4.78, 5) is 11.5. The van der Waals surface area contributed by atoms with E-state index in [2.05, 4.69) is 0 Å². The third-order valence-corrected chi connectivity index (χ3v) is 6.07. The maximum absolute atomic E-state index is 12.6. The van der Waals surface area contributed by atoms with Crippen LogP contribution in [0, 0.1) is 6.92 Å². The zero-order valence-corrected chi connectivity index (χ0v) is 17.3. The fourth-order valence-electron chi connectivity index (χ4n) is 1.84. The van der Waals surface area contributed by atoms with E-state index in [4.69, 9.17) is 32.7 Å². The van der Waals surface area contributed by atoms with Gasteiger partial charge in [0.2, 0.25) is 10.0 Å². The van der Waals surface area contributed by atoms with Crippen LogP contribution in [-0.4, -0.2) is 51.1 Å². The lowest BCUT2D eigenvalue weighted by Gasteiger charge is -2.20. The number of benzene rings is 1. The molecule has 6 nitrogen and oxygen atoms in total. The molecule has 0 aliphatic heterocycles. The van der Waals surface area contributed by atoms with Gasteiger partial charge in [-0.1, -0.05) is 23.2 Å². The molecule has 0 saturated heterocycles. The Morgan fingerprint density at radius 2 is 1.84 bits per heavy atom. The Hall–Kier alpha value is -0.860. The lowest BCUT2D eigenvalue weighted by atomic mass is 10.2. The summed E-state index contributed by atoms with van der Waals surface area (Å²) >= 11 is 12.0. The molecule has 0 atom stereocenters. The zero-order valence-electron chi connectivity index (χ0n) is 14.9. The SMILES string of the molecule is Cc1c(Cl)ccc(S(=O)(=O)N(C)CCOCC(=O)OC(C)(C)C)c1Cl. The normalized spacial score (nSPS) is 12.5. The number of carbonyl (C=O) groups excluding carboxylic acids is 1. The number of rotatable bonds is 7. The molecule has 0 fully saturated rings. The van der Waals surface area contributed by atoms with Gasteiger partial charge in [0.05, 0.1) is 11.6 Å². The quantitative estimate of drug-likeness (QED) is 0.508. The molecular weight excluding hydrogens is 389 g/mol. The second-order valence-electron chi connectivity index (χ2n) is 6.45. The number of hydrogen-bond acceptors (Lipinski definition) is 5. The summed E-state index contributed by atoms with van der Waals surface area (Å²) < 4.78 is 36.6. The molecule has 0 N–H and O–H groups in total. The average molecular weight is 412 g/mol. The lowest BCUT2D eigenvalue weighted by molar-refractivity contribution is -0.160. The molecule has 1 rings (SSSR count). The lowest BCUT2D eigenvalue weighted by Crippen LogP contribution is -2.32. The van der Waals surface area contributed by atoms with Gasteiger partial charge in [-0.25, -0.2) is 13.2 Å². The fraction of sp³-hybridized carbons (Fsp3) is 0.562. The number of sulfonamides is 1. The van der Waals surface area contributed by atoms with Gasteiger partial charge in [-0.2, -0.15) is 4.31 Å². The van der Waals surface area contributed by atoms with Crippen molar-refractivity contribution in [3.05, 3.63) is 27.7 Å². The van der Waals surface area contributed by atoms with Gasteiger partial charge in [-0.15, -0.1) is 0 Å². The van der Waals surface area contributed by atoms with Crippen molar-refractivity contribution in [2.24, 2.45) is 0 Å². The molecule has 0 heterocycles. The van der Waals surface area contributed by atoms with E-state index in [0.717, 1.165) is 4.31 Å². The highest BCUT2D eigenvalue weighted by molar-refractivity contribution is 7.89. The molecule has 1 aromatic carbocycles. The van der Waals surface area contributed by atoms with E-state index in [1.54, 1.807) is 27.7 Å². The molecule has 0 aromatic heterocycles. The maximum atomic E-state index is 12.6. The van der Waals surface area contributed by atoms with Crippen LogP contribution in [0.3, 0.4) is 0 Å². The molecule has 0 radical (unpaired) electrons. The molecule has 1 aromatic rings. The highest BCUT2D eigenvalue weighted by atomic mass is 35.5. The van der Waals surface area contributed by atoms with Crippen LogP contribution in [0.4, 0.5) is 0 Å². The van der Waals surface area contributed by atoms with E-state index < -0.39 is 21.6 Å². The first-order valence-electron chi connectivity index (χ1n) is 7.57. The molecule has 9 heteroatoms. The summed E-state index contributed by atoms with van der Waals surface area (Å²) in [7, 11) is -2.38. The topological polar surface area (TPSA) is 72.9 Å². The van der Waals surface area contributed by atoms with Crippen LogP contribution in [0.5, 0.6) is 0 Å². The molecule has 0 bridgehead atoms. The van der Waals surface area contributed by atoms with Gasteiger partial charge in [0, 0.05) is 18.6 Å². The van der Waals surface area contributed by atoms with Crippen LogP contribution < -0.4 is 0 Å². The van der Waals surface area contributed by atoms with Gasteiger partial charge in [0.15, 0.2) is 0 Å². The van der Waals surface area contributed by atoms with Crippen LogP contribution in [0.15, 0.2) is 17.0 Å². The van der Waals surface area contributed by atoms with Crippen LogP contribution in [-0.2, 0) is 24.3 Å². The Labute approximate surface area is 159 Å². The predicted octanol–water partition coefficient (Wildman–Crippen LogP) is 3.28. The Morgan fingerprint density at radius 1 is 1.24 bits per heavy atom. The van der Waals surface area contributed by atoms with Crippen LogP contribution in [0.25, 0.3) is 0 Å². The monoisotopic (exact) mass is 411 g/mol. The van der Waals surface area contributed by atoms with E-state index in [-0.39, 0.29) is 29.7 Å². The zero-order chi connectivity index (χ0) is 19.4. The van der Waals surface area contributed by atoms with Gasteiger partial charge in [0.1, 0.15) is 17.1 Å². The Kier molecular flexibility index (Phi) is 7.71. The van der Waals surface area contributed by atoms with E-state index in [9.17, 15) is 13.2 Å². The van der Waals surface area contributed by atoms with E-state index >= 15 is 0 Å². The first-order chi connectivity index (χ1) is 11.4. The Balaban J connectivity index is 2.64. The molecule has 142 valence electrons. The van der Waals surface area contributed by atoms with Crippen molar-refractivity contribution in [3.8, 4) is 0 Å². The average Bonchev–Trinajstić information content (AvgIpc) is 2.47. The van der Waals surface area contributed by atoms with Crippen molar-refractivity contribution in [1.82, 2.24) is 4.31 Å². The highest BCUT2D eigenvalue weighted by Crippen LogP contribution is 2.31. The summed E-state index contributed by atoms with van der Waals surface area (Å²) in [6.07, 6.45) is 0. The standard InChI is InChI=1S/C16H23Cl2NO5S/c1-11-12(17)6-7-13(15(11)18)25(21,22)19(5)8-9-23-10-14(20)24-16(2,3)4/h6-7H,8-10H2,1-5H3. The Morgan fingerprint density at radius 3 is 2.40 bits per heavy atom. The Bertz CT molecular complexity index is 729. The van der Waals surface area contributed by atoms with Crippen molar-refractivity contribution >= 4 is 39.2 Å². The van der Waals surface area contributed by atoms with E-state index in [1.165, 1.54) is 19.2 Å². The van der Waals surface area contributed by atoms with E-state index in [1.807, 2.05) is 0 Å². The number of likely N-dealkylation sites (N-methyl/N-ethyl adjacent to an activating group) is 1. The fourth-order valence-corrected chi connectivity index (χ4v) is 3.78. The first-order valence-corrected chi connectivity index (χ1v) is 9.76. The van der Waals surface area contributed by atoms with Crippen molar-refractivity contribution in [2.45, 2.75) is 38.2 Å². The maximum Gasteiger partial charge on any atom is 0.332 e. The smallest absolute Gasteiger partial charge is 0.332 e. The summed E-state index contributed by atoms with van der Waals surface area (Å²) in [5, 5.41) is 0.487. The minimum absolute atomic E-state index is 0.0225. The largest absolute Gasteiger partial charge is 0.458 e. The van der Waals surface area contributed by atoms with Gasteiger partial charge < -0.3 is 9.47 Å². The number of hydrogen-bond donors (Lipinski definition) is 0. The van der Waals surface area contributed by atoms with Crippen molar-refractivity contribution in [1.29, 1.82) is 0 Å². The minimum atomic E-state index is -3.79. The van der Waals surface area contributed by atoms with Crippen LogP contribution >= 0.6 is 23.2 Å². The second kappa shape index (κ2) is 8.68. The highest BCUT2D eigenvalue weighted by Gasteiger charge is 2.25. The molecule has 0 aliphatic rings. The van der Waals surface area contributed by atoms with Gasteiger partial charge in [-0.3, -0.25) is 0 Å².